The molecule has 0 aliphatic heterocycles. The van der Waals surface area contributed by atoms with Crippen LogP contribution in [-0.2, 0) is 11.3 Å². The van der Waals surface area contributed by atoms with Gasteiger partial charge in [0.15, 0.2) is 0 Å². The summed E-state index contributed by atoms with van der Waals surface area (Å²) in [6.45, 7) is 1.68. The normalized spacial score (nSPS) is 11.2. The van der Waals surface area contributed by atoms with Gasteiger partial charge in [-0.1, -0.05) is 50.0 Å². The molecule has 1 N–H and O–H groups in total. The molecule has 1 aromatic rings. The predicted molar refractivity (Wildman–Crippen MR) is 91.2 cm³/mol. The maximum atomic E-state index is 8.60. The Morgan fingerprint density at radius 3 is 2.27 bits per heavy atom. The first-order valence-corrected chi connectivity index (χ1v) is 8.33. The lowest BCUT2D eigenvalue weighted by atomic mass is 10.1. The third-order valence-electron chi connectivity index (χ3n) is 3.61. The Balaban J connectivity index is 1.88. The standard InChI is InChI=1S/C19H30O3/c1-21-19-13-11-18(12-14-19)17-22-16-10-8-6-4-2-3-5-7-9-15-20/h7,9,11-14,20H,2-6,8,10,15-17H2,1H3/b9-7+. The van der Waals surface area contributed by atoms with Crippen LogP contribution < -0.4 is 4.74 Å². The molecule has 1 aromatic carbocycles. The summed E-state index contributed by atoms with van der Waals surface area (Å²) < 4.78 is 10.8. The number of rotatable bonds is 13. The average Bonchev–Trinajstić information content (AvgIpc) is 2.56. The second-order valence-electron chi connectivity index (χ2n) is 5.46. The smallest absolute Gasteiger partial charge is 0.118 e. The summed E-state index contributed by atoms with van der Waals surface area (Å²) in [4.78, 5) is 0. The molecule has 0 atom stereocenters. The number of aliphatic hydroxyl groups is 1. The highest BCUT2D eigenvalue weighted by atomic mass is 16.5. The summed E-state index contributed by atoms with van der Waals surface area (Å²) in [5, 5.41) is 8.60. The molecule has 3 nitrogen and oxygen atoms in total. The number of methoxy groups -OCH3 is 1. The van der Waals surface area contributed by atoms with Gasteiger partial charge in [0.2, 0.25) is 0 Å². The lowest BCUT2D eigenvalue weighted by Gasteiger charge is -2.05. The molecule has 0 aromatic heterocycles. The van der Waals surface area contributed by atoms with Gasteiger partial charge in [0.25, 0.3) is 0 Å². The maximum absolute atomic E-state index is 8.60. The molecule has 124 valence electrons. The molecule has 0 saturated carbocycles. The van der Waals surface area contributed by atoms with Crippen LogP contribution in [0.4, 0.5) is 0 Å². The van der Waals surface area contributed by atoms with E-state index in [-0.39, 0.29) is 6.61 Å². The third kappa shape index (κ3) is 9.59. The van der Waals surface area contributed by atoms with Gasteiger partial charge in [-0.2, -0.15) is 0 Å². The number of aliphatic hydroxyl groups excluding tert-OH is 1. The molecule has 0 aliphatic rings. The first-order chi connectivity index (χ1) is 10.9. The fourth-order valence-electron chi connectivity index (χ4n) is 2.28. The minimum absolute atomic E-state index is 0.163. The average molecular weight is 306 g/mol. The van der Waals surface area contributed by atoms with E-state index in [2.05, 4.69) is 6.08 Å². The SMILES string of the molecule is COc1ccc(COCCCCCCCC/C=C/CO)cc1. The maximum Gasteiger partial charge on any atom is 0.118 e. The summed E-state index contributed by atoms with van der Waals surface area (Å²) >= 11 is 0. The van der Waals surface area contributed by atoms with Crippen LogP contribution in [-0.4, -0.2) is 25.4 Å². The second-order valence-corrected chi connectivity index (χ2v) is 5.46. The van der Waals surface area contributed by atoms with Crippen LogP contribution in [0, 0.1) is 0 Å². The van der Waals surface area contributed by atoms with Crippen molar-refractivity contribution in [2.75, 3.05) is 20.3 Å². The minimum Gasteiger partial charge on any atom is -0.497 e. The van der Waals surface area contributed by atoms with Crippen molar-refractivity contribution in [3.63, 3.8) is 0 Å². The van der Waals surface area contributed by atoms with Gasteiger partial charge in [0, 0.05) is 6.61 Å². The quantitative estimate of drug-likeness (QED) is 0.431. The molecule has 0 fully saturated rings. The molecule has 0 bridgehead atoms. The number of hydrogen-bond donors (Lipinski definition) is 1. The lowest BCUT2D eigenvalue weighted by Crippen LogP contribution is -1.96. The molecule has 0 saturated heterocycles. The number of benzene rings is 1. The number of unbranched alkanes of at least 4 members (excludes halogenated alkanes) is 6. The van der Waals surface area contributed by atoms with Crippen LogP contribution in [0.15, 0.2) is 36.4 Å². The van der Waals surface area contributed by atoms with Gasteiger partial charge in [-0.25, -0.2) is 0 Å². The Hall–Kier alpha value is -1.32. The van der Waals surface area contributed by atoms with E-state index in [9.17, 15) is 0 Å². The summed E-state index contributed by atoms with van der Waals surface area (Å²) in [6.07, 6.45) is 12.4. The van der Waals surface area contributed by atoms with Gasteiger partial charge >= 0.3 is 0 Å². The molecule has 1 rings (SSSR count). The largest absolute Gasteiger partial charge is 0.497 e. The van der Waals surface area contributed by atoms with E-state index < -0.39 is 0 Å². The zero-order valence-corrected chi connectivity index (χ0v) is 13.8. The summed E-state index contributed by atoms with van der Waals surface area (Å²) in [6, 6.07) is 8.02. The van der Waals surface area contributed by atoms with Crippen molar-refractivity contribution in [3.8, 4) is 5.75 Å². The van der Waals surface area contributed by atoms with Crippen molar-refractivity contribution in [1.29, 1.82) is 0 Å². The molecule has 22 heavy (non-hydrogen) atoms. The Morgan fingerprint density at radius 1 is 0.909 bits per heavy atom. The molecule has 0 unspecified atom stereocenters. The number of hydrogen-bond acceptors (Lipinski definition) is 3. The molecule has 0 amide bonds. The van der Waals surface area contributed by atoms with E-state index >= 15 is 0 Å². The highest BCUT2D eigenvalue weighted by molar-refractivity contribution is 5.26. The highest BCUT2D eigenvalue weighted by Crippen LogP contribution is 2.12. The summed E-state index contributed by atoms with van der Waals surface area (Å²) in [5.74, 6) is 0.885. The van der Waals surface area contributed by atoms with Crippen molar-refractivity contribution in [2.45, 2.75) is 51.6 Å². The molecule has 3 heteroatoms. The Morgan fingerprint density at radius 2 is 1.59 bits per heavy atom. The predicted octanol–water partition coefficient (Wildman–Crippen LogP) is 4.49. The zero-order chi connectivity index (χ0) is 15.9. The molecular formula is C19H30O3. The van der Waals surface area contributed by atoms with Crippen molar-refractivity contribution in [2.24, 2.45) is 0 Å². The second kappa shape index (κ2) is 13.4. The van der Waals surface area contributed by atoms with Crippen LogP contribution >= 0.6 is 0 Å². The van der Waals surface area contributed by atoms with Crippen LogP contribution in [0.1, 0.15) is 50.5 Å². The highest BCUT2D eigenvalue weighted by Gasteiger charge is 1.96. The molecule has 0 heterocycles. The summed E-state index contributed by atoms with van der Waals surface area (Å²) in [7, 11) is 1.68. The molecule has 0 spiro atoms. The van der Waals surface area contributed by atoms with Crippen LogP contribution in [0.2, 0.25) is 0 Å². The minimum atomic E-state index is 0.163. The van der Waals surface area contributed by atoms with Gasteiger partial charge in [-0.05, 0) is 37.0 Å². The molecule has 0 aliphatic carbocycles. The molecular weight excluding hydrogens is 276 g/mol. The van der Waals surface area contributed by atoms with E-state index in [4.69, 9.17) is 14.6 Å². The summed E-state index contributed by atoms with van der Waals surface area (Å²) in [5.41, 5.74) is 1.19. The van der Waals surface area contributed by atoms with Gasteiger partial charge < -0.3 is 14.6 Å². The van der Waals surface area contributed by atoms with Crippen LogP contribution in [0.3, 0.4) is 0 Å². The Kier molecular flexibility index (Phi) is 11.4. The Labute approximate surface area is 135 Å². The molecule has 0 radical (unpaired) electrons. The number of ether oxygens (including phenoxy) is 2. The van der Waals surface area contributed by atoms with Crippen molar-refractivity contribution < 1.29 is 14.6 Å². The van der Waals surface area contributed by atoms with E-state index in [1.54, 1.807) is 7.11 Å². The van der Waals surface area contributed by atoms with E-state index in [1.165, 1.54) is 37.7 Å². The fourth-order valence-corrected chi connectivity index (χ4v) is 2.28. The van der Waals surface area contributed by atoms with Gasteiger partial charge in [0.1, 0.15) is 5.75 Å². The van der Waals surface area contributed by atoms with Gasteiger partial charge in [0.05, 0.1) is 20.3 Å². The zero-order valence-electron chi connectivity index (χ0n) is 13.8. The topological polar surface area (TPSA) is 38.7 Å². The van der Waals surface area contributed by atoms with Crippen molar-refractivity contribution >= 4 is 0 Å². The first-order valence-electron chi connectivity index (χ1n) is 8.33. The van der Waals surface area contributed by atoms with E-state index in [0.717, 1.165) is 25.2 Å². The van der Waals surface area contributed by atoms with Crippen molar-refractivity contribution in [3.05, 3.63) is 42.0 Å². The number of allylic oxidation sites excluding steroid dienone is 1. The van der Waals surface area contributed by atoms with Gasteiger partial charge in [-0.15, -0.1) is 0 Å². The Bertz CT molecular complexity index is 384. The van der Waals surface area contributed by atoms with E-state index in [0.29, 0.717) is 6.61 Å². The van der Waals surface area contributed by atoms with E-state index in [1.807, 2.05) is 30.3 Å². The van der Waals surface area contributed by atoms with Gasteiger partial charge in [-0.3, -0.25) is 0 Å². The fraction of sp³-hybridized carbons (Fsp3) is 0.579. The lowest BCUT2D eigenvalue weighted by molar-refractivity contribution is 0.116. The van der Waals surface area contributed by atoms with Crippen molar-refractivity contribution in [1.82, 2.24) is 0 Å². The van der Waals surface area contributed by atoms with Crippen LogP contribution in [0.25, 0.3) is 0 Å². The first kappa shape index (κ1) is 18.7. The third-order valence-corrected chi connectivity index (χ3v) is 3.61. The monoisotopic (exact) mass is 306 g/mol. The van der Waals surface area contributed by atoms with Crippen LogP contribution in [0.5, 0.6) is 5.75 Å².